The first-order chi connectivity index (χ1) is 7.73. The van der Waals surface area contributed by atoms with E-state index in [0.717, 1.165) is 0 Å². The topological polar surface area (TPSA) is 54.4 Å². The van der Waals surface area contributed by atoms with E-state index in [1.807, 2.05) is 0 Å². The summed E-state index contributed by atoms with van der Waals surface area (Å²) in [5.41, 5.74) is -5.05. The van der Waals surface area contributed by atoms with Gasteiger partial charge in [-0.15, -0.1) is 0 Å². The van der Waals surface area contributed by atoms with Crippen molar-refractivity contribution in [1.82, 2.24) is 0 Å². The highest BCUT2D eigenvalue weighted by molar-refractivity contribution is 7.87. The van der Waals surface area contributed by atoms with Gasteiger partial charge in [0, 0.05) is 0 Å². The van der Waals surface area contributed by atoms with Gasteiger partial charge in [0.15, 0.2) is 11.7 Å². The monoisotopic (exact) mass is 302 g/mol. The Morgan fingerprint density at radius 1 is 1.17 bits per heavy atom. The largest absolute Gasteiger partial charge is 0.327 e. The second-order valence-corrected chi connectivity index (χ2v) is 5.23. The zero-order valence-corrected chi connectivity index (χ0v) is 9.21. The first kappa shape index (κ1) is 15.2. The van der Waals surface area contributed by atoms with E-state index in [1.54, 1.807) is 0 Å². The highest BCUT2D eigenvalue weighted by atomic mass is 32.2. The van der Waals surface area contributed by atoms with E-state index in [-0.39, 0.29) is 0 Å². The number of allylic oxidation sites excluding steroid dienone is 1. The molecule has 0 aromatic rings. The maximum absolute atomic E-state index is 13.6. The molecule has 0 saturated carbocycles. The third kappa shape index (κ3) is 1.43. The standard InChI is InChI=1S/C7H5F7O3S/c1-5(11)6(12,13)3(9)2(8)4(10)7(5,14)18(15,16)17/h3H,1H3,(H,15,16,17). The number of hydrogen-bond acceptors (Lipinski definition) is 2. The number of halogens is 7. The van der Waals surface area contributed by atoms with E-state index in [9.17, 15) is 39.2 Å². The molecule has 0 bridgehead atoms. The molecule has 0 aromatic heterocycles. The summed E-state index contributed by atoms with van der Waals surface area (Å²) in [5.74, 6) is -12.0. The molecule has 0 amide bonds. The van der Waals surface area contributed by atoms with Crippen LogP contribution in [0.15, 0.2) is 11.7 Å². The van der Waals surface area contributed by atoms with Crippen molar-refractivity contribution >= 4 is 10.1 Å². The molecule has 1 rings (SSSR count). The Labute approximate surface area is 96.0 Å². The predicted molar refractivity (Wildman–Crippen MR) is 44.0 cm³/mol. The molecule has 3 unspecified atom stereocenters. The van der Waals surface area contributed by atoms with E-state index >= 15 is 0 Å². The van der Waals surface area contributed by atoms with Gasteiger partial charge in [0.2, 0.25) is 11.8 Å². The summed E-state index contributed by atoms with van der Waals surface area (Å²) in [4.78, 5) is 0. The summed E-state index contributed by atoms with van der Waals surface area (Å²) < 4.78 is 121. The van der Waals surface area contributed by atoms with Crippen LogP contribution in [0, 0.1) is 0 Å². The SMILES string of the molecule is CC1(F)C(F)(F)C(F)C(F)=C(F)C1(F)S(=O)(=O)O. The van der Waals surface area contributed by atoms with Gasteiger partial charge in [-0.3, -0.25) is 4.55 Å². The molecular formula is C7H5F7O3S. The average molecular weight is 302 g/mol. The van der Waals surface area contributed by atoms with Crippen LogP contribution in [0.5, 0.6) is 0 Å². The van der Waals surface area contributed by atoms with Gasteiger partial charge in [0.05, 0.1) is 0 Å². The van der Waals surface area contributed by atoms with Gasteiger partial charge in [-0.05, 0) is 6.92 Å². The van der Waals surface area contributed by atoms with Crippen LogP contribution in [0.2, 0.25) is 0 Å². The molecule has 1 N–H and O–H groups in total. The van der Waals surface area contributed by atoms with Gasteiger partial charge in [-0.1, -0.05) is 0 Å². The smallest absolute Gasteiger partial charge is 0.283 e. The van der Waals surface area contributed by atoms with Gasteiger partial charge in [-0.25, -0.2) is 22.0 Å². The molecule has 3 atom stereocenters. The first-order valence-electron chi connectivity index (χ1n) is 4.15. The van der Waals surface area contributed by atoms with Crippen LogP contribution < -0.4 is 0 Å². The van der Waals surface area contributed by atoms with Gasteiger partial charge < -0.3 is 0 Å². The molecular weight excluding hydrogens is 297 g/mol. The van der Waals surface area contributed by atoms with Crippen molar-refractivity contribution in [2.45, 2.75) is 29.7 Å². The minimum absolute atomic E-state index is 0.501. The Balaban J connectivity index is 3.82. The van der Waals surface area contributed by atoms with Gasteiger partial charge in [0.1, 0.15) is 0 Å². The lowest BCUT2D eigenvalue weighted by Crippen LogP contribution is -2.67. The molecule has 0 saturated heterocycles. The van der Waals surface area contributed by atoms with Crippen LogP contribution in [0.4, 0.5) is 30.7 Å². The summed E-state index contributed by atoms with van der Waals surface area (Å²) in [6.45, 7) is -0.501. The summed E-state index contributed by atoms with van der Waals surface area (Å²) >= 11 is 0. The average Bonchev–Trinajstić information content (AvgIpc) is 2.21. The third-order valence-electron chi connectivity index (χ3n) is 2.62. The van der Waals surface area contributed by atoms with Crippen LogP contribution in [-0.2, 0) is 10.1 Å². The van der Waals surface area contributed by atoms with E-state index in [0.29, 0.717) is 0 Å². The van der Waals surface area contributed by atoms with E-state index in [4.69, 9.17) is 4.55 Å². The van der Waals surface area contributed by atoms with Crippen LogP contribution >= 0.6 is 0 Å². The molecule has 18 heavy (non-hydrogen) atoms. The molecule has 0 fully saturated rings. The summed E-state index contributed by atoms with van der Waals surface area (Å²) in [7, 11) is -6.47. The Morgan fingerprint density at radius 3 is 1.89 bits per heavy atom. The van der Waals surface area contributed by atoms with E-state index in [1.165, 1.54) is 0 Å². The van der Waals surface area contributed by atoms with Crippen molar-refractivity contribution in [3.05, 3.63) is 11.7 Å². The quantitative estimate of drug-likeness (QED) is 0.598. The maximum Gasteiger partial charge on any atom is 0.327 e. The van der Waals surface area contributed by atoms with Gasteiger partial charge in [-0.2, -0.15) is 17.2 Å². The lowest BCUT2D eigenvalue weighted by molar-refractivity contribution is -0.210. The number of hydrogen-bond donors (Lipinski definition) is 1. The lowest BCUT2D eigenvalue weighted by atomic mass is 9.84. The van der Waals surface area contributed by atoms with Crippen LogP contribution in [0.3, 0.4) is 0 Å². The molecule has 1 aliphatic carbocycles. The molecule has 3 nitrogen and oxygen atoms in total. The summed E-state index contributed by atoms with van der Waals surface area (Å²) in [6, 6.07) is 0. The van der Waals surface area contributed by atoms with E-state index in [2.05, 4.69) is 0 Å². The Hall–Kier alpha value is -0.840. The first-order valence-corrected chi connectivity index (χ1v) is 5.59. The van der Waals surface area contributed by atoms with Gasteiger partial charge in [0.25, 0.3) is 0 Å². The van der Waals surface area contributed by atoms with Crippen LogP contribution in [0.25, 0.3) is 0 Å². The fraction of sp³-hybridized carbons (Fsp3) is 0.714. The zero-order chi connectivity index (χ0) is 14.7. The van der Waals surface area contributed by atoms with Crippen LogP contribution in [-0.4, -0.2) is 35.7 Å². The Morgan fingerprint density at radius 2 is 1.56 bits per heavy atom. The molecule has 0 aliphatic heterocycles. The zero-order valence-electron chi connectivity index (χ0n) is 8.40. The second-order valence-electron chi connectivity index (χ2n) is 3.72. The molecule has 11 heteroatoms. The second kappa shape index (κ2) is 3.59. The van der Waals surface area contributed by atoms with Crippen molar-refractivity contribution in [2.75, 3.05) is 0 Å². The fourth-order valence-corrected chi connectivity index (χ4v) is 2.38. The predicted octanol–water partition coefficient (Wildman–Crippen LogP) is 2.41. The van der Waals surface area contributed by atoms with Gasteiger partial charge >= 0.3 is 21.0 Å². The molecule has 0 heterocycles. The Kier molecular flexibility index (Phi) is 3.04. The van der Waals surface area contributed by atoms with Crippen LogP contribution in [0.1, 0.15) is 6.92 Å². The lowest BCUT2D eigenvalue weighted by Gasteiger charge is -2.42. The fourth-order valence-electron chi connectivity index (χ4n) is 1.44. The molecule has 1 aliphatic rings. The molecule has 106 valence electrons. The van der Waals surface area contributed by atoms with Crippen molar-refractivity contribution in [1.29, 1.82) is 0 Å². The molecule has 0 aromatic carbocycles. The maximum atomic E-state index is 13.6. The third-order valence-corrected chi connectivity index (χ3v) is 3.89. The number of rotatable bonds is 1. The minimum Gasteiger partial charge on any atom is -0.283 e. The summed E-state index contributed by atoms with van der Waals surface area (Å²) in [5, 5.41) is -5.43. The highest BCUT2D eigenvalue weighted by Crippen LogP contribution is 2.57. The van der Waals surface area contributed by atoms with Crippen molar-refractivity contribution in [2.24, 2.45) is 0 Å². The van der Waals surface area contributed by atoms with Crippen molar-refractivity contribution in [3.63, 3.8) is 0 Å². The molecule has 0 spiro atoms. The molecule has 0 radical (unpaired) electrons. The highest BCUT2D eigenvalue weighted by Gasteiger charge is 2.80. The number of alkyl halides is 5. The van der Waals surface area contributed by atoms with Crippen molar-refractivity contribution < 1.29 is 43.7 Å². The van der Waals surface area contributed by atoms with Crippen molar-refractivity contribution in [3.8, 4) is 0 Å². The summed E-state index contributed by atoms with van der Waals surface area (Å²) in [6.07, 6.45) is -4.21. The minimum atomic E-state index is -6.47. The van der Waals surface area contributed by atoms with E-state index < -0.39 is 51.5 Å². The Bertz CT molecular complexity index is 511. The normalized spacial score (nSPS) is 41.1.